The van der Waals surface area contributed by atoms with E-state index in [0.29, 0.717) is 5.73 Å². The van der Waals surface area contributed by atoms with Gasteiger partial charge in [0, 0.05) is 19.9 Å². The van der Waals surface area contributed by atoms with Crippen LogP contribution in [0.15, 0.2) is 0 Å². The highest BCUT2D eigenvalue weighted by Gasteiger charge is 2.28. The van der Waals surface area contributed by atoms with Crippen molar-refractivity contribution in [1.82, 2.24) is 0 Å². The van der Waals surface area contributed by atoms with Crippen molar-refractivity contribution in [1.29, 1.82) is 0 Å². The molecule has 0 radical (unpaired) electrons. The highest BCUT2D eigenvalue weighted by Crippen LogP contribution is 2.21. The summed E-state index contributed by atoms with van der Waals surface area (Å²) < 4.78 is 6.55. The van der Waals surface area contributed by atoms with E-state index in [1.165, 1.54) is 24.9 Å². The van der Waals surface area contributed by atoms with E-state index in [1.807, 2.05) is 0 Å². The Morgan fingerprint density at radius 1 is 1.18 bits per heavy atom. The van der Waals surface area contributed by atoms with Crippen molar-refractivity contribution in [3.63, 3.8) is 0 Å². The van der Waals surface area contributed by atoms with Gasteiger partial charge in [-0.15, -0.1) is 0 Å². The Labute approximate surface area is 121 Å². The van der Waals surface area contributed by atoms with Crippen molar-refractivity contribution in [2.75, 3.05) is 5.33 Å². The lowest BCUT2D eigenvalue weighted by Gasteiger charge is -2.32. The molecular weight excluding hydrogens is 324 g/mol. The van der Waals surface area contributed by atoms with E-state index in [0.717, 1.165) is 5.33 Å². The molecule has 0 aliphatic rings. The molecule has 0 fully saturated rings. The maximum Gasteiger partial charge on any atom is 0.186 e. The topological polar surface area (TPSA) is 9.23 Å². The lowest BCUT2D eigenvalue weighted by molar-refractivity contribution is 0.252. The summed E-state index contributed by atoms with van der Waals surface area (Å²) in [5.74, 6) is 0. The summed E-state index contributed by atoms with van der Waals surface area (Å²) in [6, 6.07) is 2.84. The lowest BCUT2D eigenvalue weighted by atomic mass is 10.4. The van der Waals surface area contributed by atoms with Crippen LogP contribution in [0.25, 0.3) is 0 Å². The van der Waals surface area contributed by atoms with E-state index < -0.39 is 25.9 Å². The Bertz CT molecular complexity index is 198. The zero-order valence-corrected chi connectivity index (χ0v) is 17.4. The molecule has 0 aliphatic heterocycles. The molecule has 17 heavy (non-hydrogen) atoms. The molecule has 1 unspecified atom stereocenters. The van der Waals surface area contributed by atoms with Crippen molar-refractivity contribution in [3.05, 3.63) is 0 Å². The predicted octanol–water partition coefficient (Wildman–Crippen LogP) is 4.26. The zero-order chi connectivity index (χ0) is 13.5. The van der Waals surface area contributed by atoms with E-state index in [2.05, 4.69) is 55.2 Å². The molecule has 0 rings (SSSR count). The minimum absolute atomic E-state index is 0.404. The number of hydrogen-bond acceptors (Lipinski definition) is 1. The molecule has 5 heteroatoms. The summed E-state index contributed by atoms with van der Waals surface area (Å²) in [6.45, 7) is 14.6. The van der Waals surface area contributed by atoms with Crippen molar-refractivity contribution >= 4 is 41.8 Å². The maximum absolute atomic E-state index is 6.55. The molecule has 0 saturated heterocycles. The Morgan fingerprint density at radius 3 is 2.18 bits per heavy atom. The normalized spacial score (nSPS) is 14.6. The molecule has 0 aromatic rings. The molecule has 0 aromatic carbocycles. The number of rotatable bonds is 9. The van der Waals surface area contributed by atoms with Crippen LogP contribution >= 0.6 is 15.9 Å². The zero-order valence-electron chi connectivity index (χ0n) is 12.6. The number of halogens is 1. The van der Waals surface area contributed by atoms with Gasteiger partial charge in [-0.3, -0.25) is 0 Å². The van der Waals surface area contributed by atoms with Crippen LogP contribution in [0.1, 0.15) is 12.8 Å². The second-order valence-electron chi connectivity index (χ2n) is 6.42. The fourth-order valence-electron chi connectivity index (χ4n) is 1.91. The van der Waals surface area contributed by atoms with E-state index >= 15 is 0 Å². The first-order chi connectivity index (χ1) is 7.78. The van der Waals surface area contributed by atoms with Crippen LogP contribution in [0.4, 0.5) is 0 Å². The van der Waals surface area contributed by atoms with Gasteiger partial charge in [-0.05, 0) is 32.0 Å². The molecule has 0 saturated carbocycles. The summed E-state index contributed by atoms with van der Waals surface area (Å²) in [6.07, 6.45) is 2.53. The van der Waals surface area contributed by atoms with E-state index in [1.54, 1.807) is 0 Å². The van der Waals surface area contributed by atoms with Crippen LogP contribution in [0.3, 0.4) is 0 Å². The highest BCUT2D eigenvalue weighted by atomic mass is 79.9. The third kappa shape index (κ3) is 9.64. The van der Waals surface area contributed by atoms with Gasteiger partial charge in [-0.1, -0.05) is 48.2 Å². The van der Waals surface area contributed by atoms with Gasteiger partial charge in [0.05, 0.1) is 8.80 Å². The van der Waals surface area contributed by atoms with E-state index in [9.17, 15) is 0 Å². The van der Waals surface area contributed by atoms with Crippen molar-refractivity contribution in [2.45, 2.75) is 69.9 Å². The molecule has 104 valence electrons. The quantitative estimate of drug-likeness (QED) is 0.443. The fraction of sp³-hybridized carbons (Fsp3) is 1.00. The van der Waals surface area contributed by atoms with Crippen molar-refractivity contribution in [2.24, 2.45) is 0 Å². The second-order valence-corrected chi connectivity index (χ2v) is 18.1. The molecule has 1 atom stereocenters. The van der Waals surface area contributed by atoms with Gasteiger partial charge in [0.2, 0.25) is 0 Å². The molecule has 0 aromatic heterocycles. The molecule has 0 spiro atoms. The molecule has 0 heterocycles. The fourth-order valence-corrected chi connectivity index (χ4v) is 11.5. The first-order valence-corrected chi connectivity index (χ1v) is 17.4. The molecule has 1 nitrogen and oxygen atoms in total. The number of alkyl halides is 1. The monoisotopic (exact) mass is 354 g/mol. The van der Waals surface area contributed by atoms with Crippen LogP contribution in [0.2, 0.25) is 51.4 Å². The van der Waals surface area contributed by atoms with Gasteiger partial charge in [-0.2, -0.15) is 0 Å². The minimum Gasteiger partial charge on any atom is -0.418 e. The van der Waals surface area contributed by atoms with Gasteiger partial charge < -0.3 is 4.43 Å². The van der Waals surface area contributed by atoms with E-state index in [-0.39, 0.29) is 0 Å². The largest absolute Gasteiger partial charge is 0.418 e. The summed E-state index contributed by atoms with van der Waals surface area (Å²) >= 11 is 3.53. The van der Waals surface area contributed by atoms with Crippen molar-refractivity contribution in [3.8, 4) is 0 Å². The number of hydrogen-bond donors (Lipinski definition) is 0. The third-order valence-corrected chi connectivity index (χ3v) is 10.4. The van der Waals surface area contributed by atoms with Gasteiger partial charge in [0.25, 0.3) is 0 Å². The van der Waals surface area contributed by atoms with Gasteiger partial charge in [0.15, 0.2) is 8.32 Å². The summed E-state index contributed by atoms with van der Waals surface area (Å²) in [4.78, 5) is 0. The van der Waals surface area contributed by atoms with Gasteiger partial charge in [-0.25, -0.2) is 0 Å². The molecule has 0 aliphatic carbocycles. The van der Waals surface area contributed by atoms with E-state index in [4.69, 9.17) is 4.43 Å². The molecule has 0 amide bonds. The highest BCUT2D eigenvalue weighted by molar-refractivity contribution is 9.09. The lowest BCUT2D eigenvalue weighted by Crippen LogP contribution is -2.41. The Kier molecular flexibility index (Phi) is 9.65. The van der Waals surface area contributed by atoms with Crippen LogP contribution in [-0.4, -0.2) is 37.0 Å². The average molecular weight is 356 g/mol. The Hall–Kier alpha value is 1.09. The first-order valence-electron chi connectivity index (χ1n) is 7.02. The van der Waals surface area contributed by atoms with Crippen LogP contribution in [0, 0.1) is 0 Å². The average Bonchev–Trinajstić information content (AvgIpc) is 2.21. The van der Waals surface area contributed by atoms with Crippen LogP contribution in [0.5, 0.6) is 0 Å². The smallest absolute Gasteiger partial charge is 0.186 e. The van der Waals surface area contributed by atoms with Gasteiger partial charge in [0.1, 0.15) is 0 Å². The molecule has 0 bridgehead atoms. The molecule has 0 N–H and O–H groups in total. The second kappa shape index (κ2) is 9.07. The summed E-state index contributed by atoms with van der Waals surface area (Å²) in [5, 5.41) is 1.12. The molecular formula is C12H31BrOSi3. The van der Waals surface area contributed by atoms with Crippen LogP contribution < -0.4 is 0 Å². The van der Waals surface area contributed by atoms with Crippen molar-refractivity contribution < 1.29 is 4.43 Å². The predicted molar refractivity (Wildman–Crippen MR) is 92.8 cm³/mol. The van der Waals surface area contributed by atoms with Gasteiger partial charge >= 0.3 is 0 Å². The maximum atomic E-state index is 6.55. The third-order valence-electron chi connectivity index (χ3n) is 3.16. The standard InChI is InChI=1S/C12H31BrOSi3/c1-15(2)10-11-17(5,6)14-12(16(3)4)8-7-9-13/h12,15-16H,7-11H2,1-6H3. The van der Waals surface area contributed by atoms with Crippen LogP contribution in [-0.2, 0) is 4.43 Å². The summed E-state index contributed by atoms with van der Waals surface area (Å²) in [5.41, 5.74) is 0.614. The Balaban J connectivity index is 4.20. The minimum atomic E-state index is -1.39. The Morgan fingerprint density at radius 2 is 1.76 bits per heavy atom. The SMILES string of the molecule is C[SiH](C)CC[Si](C)(C)OC(CCCBr)[SiH](C)C. The summed E-state index contributed by atoms with van der Waals surface area (Å²) in [7, 11) is -2.46. The first kappa shape index (κ1) is 18.1.